The van der Waals surface area contributed by atoms with Crippen LogP contribution >= 0.6 is 23.4 Å². The standard InChI is InChI=1S/C38H32ClF10N7O2S2/c1-35(2,59-3)11-9-22-5-6-23(24-7-8-26(39)29-31(24)56(18-37(44,45)46)53-34(29)54-60(4)58)30(50-22)27(15-19-13-20(40)16-21(41)14-19)51-28(57)17-55-33-25(10-12-36(33,42)43)32(52-55)38(47,48)49/h5-8,13-14,16,27H,10,12,15,17-18H2,1-4H3,(H,51,57)(H,53,54). The number of rotatable bonds is 11. The highest BCUT2D eigenvalue weighted by atomic mass is 35.5. The van der Waals surface area contributed by atoms with Crippen LogP contribution in [0, 0.1) is 23.5 Å². The van der Waals surface area contributed by atoms with Crippen LogP contribution in [0.2, 0.25) is 5.02 Å². The van der Waals surface area contributed by atoms with Crippen molar-refractivity contribution < 1.29 is 53.3 Å². The maximum atomic E-state index is 15.0. The number of nitrogens with one attached hydrogen (secondary N) is 2. The third kappa shape index (κ3) is 9.93. The molecule has 1 amide bonds. The number of aromatic nitrogens is 5. The van der Waals surface area contributed by atoms with Gasteiger partial charge in [-0.15, -0.1) is 16.9 Å². The number of anilines is 1. The molecular weight excluding hydrogens is 876 g/mol. The molecule has 3 aromatic heterocycles. The van der Waals surface area contributed by atoms with Crippen LogP contribution in [0.3, 0.4) is 0 Å². The molecule has 0 saturated carbocycles. The molecule has 0 spiro atoms. The molecule has 2 aromatic carbocycles. The fourth-order valence-electron chi connectivity index (χ4n) is 6.74. The molecule has 320 valence electrons. The van der Waals surface area contributed by atoms with E-state index in [0.717, 1.165) is 12.1 Å². The van der Waals surface area contributed by atoms with Crippen LogP contribution < -0.4 is 10.0 Å². The molecule has 0 aliphatic heterocycles. The molecule has 0 bridgehead atoms. The number of hydrogen-bond donors (Lipinski definition) is 2. The number of thioether (sulfide) groups is 1. The minimum Gasteiger partial charge on any atom is -0.593 e. The highest BCUT2D eigenvalue weighted by molar-refractivity contribution is 8.00. The average molecular weight is 908 g/mol. The third-order valence-corrected chi connectivity index (χ3v) is 11.2. The van der Waals surface area contributed by atoms with Crippen LogP contribution in [-0.2, 0) is 54.2 Å². The number of carbonyl (C=O) groups is 1. The Bertz CT molecular complexity index is 2510. The van der Waals surface area contributed by atoms with E-state index in [1.807, 2.05) is 13.8 Å². The number of halogens is 11. The van der Waals surface area contributed by atoms with Gasteiger partial charge in [0.1, 0.15) is 42.4 Å². The number of pyridine rings is 1. The van der Waals surface area contributed by atoms with Crippen molar-refractivity contribution in [3.8, 4) is 23.0 Å². The second kappa shape index (κ2) is 16.7. The van der Waals surface area contributed by atoms with E-state index in [0.29, 0.717) is 10.7 Å². The number of hydrogen-bond acceptors (Lipinski definition) is 7. The van der Waals surface area contributed by atoms with Crippen molar-refractivity contribution in [3.05, 3.63) is 93.0 Å². The molecule has 3 heterocycles. The Morgan fingerprint density at radius 3 is 2.32 bits per heavy atom. The summed E-state index contributed by atoms with van der Waals surface area (Å²) >= 11 is 6.07. The summed E-state index contributed by atoms with van der Waals surface area (Å²) in [6, 6.07) is 6.34. The molecule has 0 saturated heterocycles. The zero-order valence-corrected chi connectivity index (χ0v) is 34.1. The Hall–Kier alpha value is -4.65. The molecule has 2 atom stereocenters. The van der Waals surface area contributed by atoms with Gasteiger partial charge in [0.2, 0.25) is 11.7 Å². The van der Waals surface area contributed by atoms with Gasteiger partial charge in [0, 0.05) is 29.2 Å². The molecular formula is C38H32ClF10N7O2S2. The third-order valence-electron chi connectivity index (χ3n) is 9.30. The van der Waals surface area contributed by atoms with E-state index in [-0.39, 0.29) is 54.5 Å². The molecule has 5 aromatic rings. The van der Waals surface area contributed by atoms with Gasteiger partial charge in [0.05, 0.1) is 43.8 Å². The van der Waals surface area contributed by atoms with Gasteiger partial charge in [-0.1, -0.05) is 23.6 Å². The first-order valence-corrected chi connectivity index (χ1v) is 20.8. The van der Waals surface area contributed by atoms with Gasteiger partial charge in [-0.2, -0.15) is 44.9 Å². The second-order valence-electron chi connectivity index (χ2n) is 14.2. The molecule has 2 N–H and O–H groups in total. The molecule has 0 radical (unpaired) electrons. The van der Waals surface area contributed by atoms with E-state index >= 15 is 8.78 Å². The van der Waals surface area contributed by atoms with E-state index < -0.39 is 107 Å². The summed E-state index contributed by atoms with van der Waals surface area (Å²) in [7, 11) is 0. The average Bonchev–Trinajstić information content (AvgIpc) is 3.77. The lowest BCUT2D eigenvalue weighted by atomic mass is 9.93. The minimum atomic E-state index is -5.13. The van der Waals surface area contributed by atoms with Gasteiger partial charge in [-0.3, -0.25) is 14.2 Å². The minimum absolute atomic E-state index is 0.00751. The topological polar surface area (TPSA) is 113 Å². The van der Waals surface area contributed by atoms with Crippen molar-refractivity contribution in [2.45, 2.75) is 75.3 Å². The van der Waals surface area contributed by atoms with E-state index in [4.69, 9.17) is 11.6 Å². The van der Waals surface area contributed by atoms with Crippen LogP contribution in [0.25, 0.3) is 22.0 Å². The summed E-state index contributed by atoms with van der Waals surface area (Å²) < 4.78 is 158. The quantitative estimate of drug-likeness (QED) is 0.0773. The van der Waals surface area contributed by atoms with Gasteiger partial charge in [0.15, 0.2) is 5.69 Å². The van der Waals surface area contributed by atoms with Crippen molar-refractivity contribution in [2.75, 3.05) is 17.2 Å². The smallest absolute Gasteiger partial charge is 0.435 e. The molecule has 2 unspecified atom stereocenters. The summed E-state index contributed by atoms with van der Waals surface area (Å²) in [5, 5.41) is 9.70. The van der Waals surface area contributed by atoms with Crippen LogP contribution in [0.4, 0.5) is 49.7 Å². The van der Waals surface area contributed by atoms with Gasteiger partial charge < -0.3 is 9.87 Å². The molecule has 60 heavy (non-hydrogen) atoms. The number of fused-ring (bicyclic) bond motifs is 2. The summed E-state index contributed by atoms with van der Waals surface area (Å²) in [5.74, 6) is -1.36. The molecule has 22 heteroatoms. The maximum absolute atomic E-state index is 15.0. The number of benzene rings is 2. The summed E-state index contributed by atoms with van der Waals surface area (Å²) in [6.07, 6.45) is -9.10. The number of alkyl halides is 8. The number of carbonyl (C=O) groups excluding carboxylic acids is 1. The van der Waals surface area contributed by atoms with Crippen LogP contribution in [0.1, 0.15) is 60.2 Å². The first kappa shape index (κ1) is 44.9. The lowest BCUT2D eigenvalue weighted by molar-refractivity contribution is -0.142. The number of nitrogens with zero attached hydrogens (tertiary/aromatic N) is 5. The van der Waals surface area contributed by atoms with Crippen molar-refractivity contribution in [1.82, 2.24) is 29.9 Å². The molecule has 1 aliphatic rings. The maximum Gasteiger partial charge on any atom is 0.435 e. The fourth-order valence-corrected chi connectivity index (χ4v) is 7.55. The van der Waals surface area contributed by atoms with Crippen LogP contribution in [0.5, 0.6) is 0 Å². The molecule has 0 fully saturated rings. The Balaban J connectivity index is 1.58. The Kier molecular flexibility index (Phi) is 12.5. The van der Waals surface area contributed by atoms with E-state index in [1.165, 1.54) is 42.3 Å². The predicted octanol–water partition coefficient (Wildman–Crippen LogP) is 9.14. The van der Waals surface area contributed by atoms with Crippen LogP contribution in [0.15, 0.2) is 42.5 Å². The fraction of sp³-hybridized carbons (Fsp3) is 0.368. The van der Waals surface area contributed by atoms with E-state index in [2.05, 4.69) is 37.1 Å². The van der Waals surface area contributed by atoms with Crippen molar-refractivity contribution in [2.24, 2.45) is 0 Å². The largest absolute Gasteiger partial charge is 0.593 e. The van der Waals surface area contributed by atoms with Crippen molar-refractivity contribution in [3.63, 3.8) is 0 Å². The lowest BCUT2D eigenvalue weighted by Crippen LogP contribution is -2.35. The Morgan fingerprint density at radius 1 is 1.03 bits per heavy atom. The second-order valence-corrected chi connectivity index (χ2v) is 17.2. The summed E-state index contributed by atoms with van der Waals surface area (Å²) in [5.41, 5.74) is -3.93. The molecule has 6 rings (SSSR count). The highest BCUT2D eigenvalue weighted by Crippen LogP contribution is 2.47. The van der Waals surface area contributed by atoms with Crippen LogP contribution in [-0.4, -0.2) is 58.4 Å². The Morgan fingerprint density at radius 2 is 1.70 bits per heavy atom. The zero-order chi connectivity index (χ0) is 44.1. The highest BCUT2D eigenvalue weighted by Gasteiger charge is 2.50. The monoisotopic (exact) mass is 907 g/mol. The molecule has 9 nitrogen and oxygen atoms in total. The summed E-state index contributed by atoms with van der Waals surface area (Å²) in [4.78, 5) is 18.6. The van der Waals surface area contributed by atoms with Gasteiger partial charge in [-0.25, -0.2) is 13.8 Å². The first-order chi connectivity index (χ1) is 27.9. The number of amides is 1. The first-order valence-electron chi connectivity index (χ1n) is 17.6. The van der Waals surface area contributed by atoms with Gasteiger partial charge >= 0.3 is 12.4 Å². The predicted molar refractivity (Wildman–Crippen MR) is 207 cm³/mol. The normalized spacial score (nSPS) is 15.1. The van der Waals surface area contributed by atoms with Crippen molar-refractivity contribution >= 4 is 57.4 Å². The van der Waals surface area contributed by atoms with Crippen molar-refractivity contribution in [1.29, 1.82) is 0 Å². The lowest BCUT2D eigenvalue weighted by Gasteiger charge is -2.23. The zero-order valence-electron chi connectivity index (χ0n) is 31.7. The van der Waals surface area contributed by atoms with Gasteiger partial charge in [-0.05, 0) is 74.8 Å². The molecule has 1 aliphatic carbocycles. The summed E-state index contributed by atoms with van der Waals surface area (Å²) in [6.45, 7) is 0.781. The van der Waals surface area contributed by atoms with E-state index in [9.17, 15) is 44.5 Å². The van der Waals surface area contributed by atoms with E-state index in [1.54, 1.807) is 6.26 Å². The Labute approximate surface area is 347 Å². The SMILES string of the molecule is CSC(C)(C)C#Cc1ccc(-c2ccc(Cl)c3c(N[S+](C)[O-])nn(CC(F)(F)F)c23)c(C(Cc2cc(F)cc(F)c2)NC(=O)Cn2nc(C(F)(F)F)c3c2C(F)(F)CC3)n1. The van der Waals surface area contributed by atoms with Gasteiger partial charge in [0.25, 0.3) is 5.92 Å².